The molecule has 1 aliphatic heterocycles. The highest BCUT2D eigenvalue weighted by atomic mass is 32.1. The van der Waals surface area contributed by atoms with Crippen LogP contribution in [-0.4, -0.2) is 23.5 Å². The Kier molecular flexibility index (Phi) is 3.13. The Labute approximate surface area is 137 Å². The SMILES string of the molecule is CN1C=CC(=c2ccc(=C3C(=O)c4ccccc4C3=O)s2)C=C1. The molecule has 2 aromatic rings. The number of nitrogens with zero attached hydrogens (tertiary/aromatic N) is 1. The van der Waals surface area contributed by atoms with Gasteiger partial charge in [-0.2, -0.15) is 0 Å². The molecule has 1 aromatic carbocycles. The molecule has 0 atom stereocenters. The third kappa shape index (κ3) is 2.19. The summed E-state index contributed by atoms with van der Waals surface area (Å²) in [6.45, 7) is 0. The van der Waals surface area contributed by atoms with Crippen molar-refractivity contribution in [2.45, 2.75) is 0 Å². The molecule has 0 N–H and O–H groups in total. The summed E-state index contributed by atoms with van der Waals surface area (Å²) < 4.78 is 1.78. The van der Waals surface area contributed by atoms with Crippen LogP contribution in [0.4, 0.5) is 0 Å². The first-order valence-electron chi connectivity index (χ1n) is 7.26. The molecule has 4 rings (SSSR count). The van der Waals surface area contributed by atoms with Gasteiger partial charge in [-0.25, -0.2) is 0 Å². The number of ketones is 2. The van der Waals surface area contributed by atoms with E-state index < -0.39 is 0 Å². The Balaban J connectivity index is 1.90. The van der Waals surface area contributed by atoms with Crippen molar-refractivity contribution in [1.29, 1.82) is 0 Å². The summed E-state index contributed by atoms with van der Waals surface area (Å²) >= 11 is 1.48. The molecule has 2 heterocycles. The van der Waals surface area contributed by atoms with Crippen LogP contribution in [0.3, 0.4) is 0 Å². The number of benzene rings is 1. The molecule has 1 aromatic heterocycles. The van der Waals surface area contributed by atoms with Crippen LogP contribution >= 0.6 is 11.3 Å². The molecule has 23 heavy (non-hydrogen) atoms. The van der Waals surface area contributed by atoms with E-state index in [1.165, 1.54) is 11.3 Å². The highest BCUT2D eigenvalue weighted by molar-refractivity contribution is 7.08. The Bertz CT molecular complexity index is 971. The van der Waals surface area contributed by atoms with Gasteiger partial charge in [0.2, 0.25) is 0 Å². The lowest BCUT2D eigenvalue weighted by atomic mass is 10.1. The third-order valence-corrected chi connectivity index (χ3v) is 5.14. The number of carbonyl (C=O) groups excluding carboxylic acids is 2. The summed E-state index contributed by atoms with van der Waals surface area (Å²) in [6.07, 6.45) is 7.99. The standard InChI is InChI=1S/C19H13NO2S/c1-20-10-8-12(9-11-20)15-6-7-16(23-15)17-18(21)13-4-2-3-5-14(13)19(17)22/h2-11H,1H3. The van der Waals surface area contributed by atoms with Gasteiger partial charge < -0.3 is 4.90 Å². The second kappa shape index (κ2) is 5.18. The minimum Gasteiger partial charge on any atom is -0.357 e. The zero-order valence-corrected chi connectivity index (χ0v) is 13.3. The molecule has 0 amide bonds. The molecule has 0 bridgehead atoms. The van der Waals surface area contributed by atoms with Crippen LogP contribution in [0.1, 0.15) is 20.7 Å². The van der Waals surface area contributed by atoms with Crippen LogP contribution < -0.4 is 9.06 Å². The van der Waals surface area contributed by atoms with E-state index >= 15 is 0 Å². The zero-order chi connectivity index (χ0) is 16.0. The number of thiophene rings is 1. The van der Waals surface area contributed by atoms with E-state index in [0.717, 1.165) is 14.6 Å². The first-order chi connectivity index (χ1) is 11.1. The molecule has 0 saturated heterocycles. The van der Waals surface area contributed by atoms with Crippen LogP contribution in [0, 0.1) is 0 Å². The van der Waals surface area contributed by atoms with Crippen molar-refractivity contribution < 1.29 is 9.59 Å². The van der Waals surface area contributed by atoms with Crippen molar-refractivity contribution in [3.63, 3.8) is 0 Å². The van der Waals surface area contributed by atoms with Crippen molar-refractivity contribution in [1.82, 2.24) is 4.90 Å². The largest absolute Gasteiger partial charge is 0.357 e. The lowest BCUT2D eigenvalue weighted by Gasteiger charge is -2.11. The van der Waals surface area contributed by atoms with Crippen LogP contribution in [-0.2, 0) is 0 Å². The average Bonchev–Trinajstić information content (AvgIpc) is 3.13. The summed E-state index contributed by atoms with van der Waals surface area (Å²) in [5, 5.41) is 0. The third-order valence-electron chi connectivity index (χ3n) is 3.99. The second-order valence-electron chi connectivity index (χ2n) is 5.50. The predicted octanol–water partition coefficient (Wildman–Crippen LogP) is 2.10. The Hall–Kier alpha value is -2.72. The maximum absolute atomic E-state index is 12.5. The second-order valence-corrected chi connectivity index (χ2v) is 6.58. The normalized spacial score (nSPS) is 16.5. The molecular formula is C19H13NO2S. The van der Waals surface area contributed by atoms with Gasteiger partial charge in [-0.1, -0.05) is 24.3 Å². The number of Topliss-reactive ketones (excluding diaryl/α,β-unsaturated/α-hetero) is 2. The van der Waals surface area contributed by atoms with E-state index in [2.05, 4.69) is 0 Å². The van der Waals surface area contributed by atoms with E-state index in [0.29, 0.717) is 16.7 Å². The quantitative estimate of drug-likeness (QED) is 0.746. The van der Waals surface area contributed by atoms with Gasteiger partial charge in [-0.15, -0.1) is 11.3 Å². The lowest BCUT2D eigenvalue weighted by molar-refractivity contribution is 0.102. The minimum atomic E-state index is -0.168. The fourth-order valence-electron chi connectivity index (χ4n) is 2.77. The fraction of sp³-hybridized carbons (Fsp3) is 0.0526. The molecule has 0 spiro atoms. The van der Waals surface area contributed by atoms with Gasteiger partial charge in [0.1, 0.15) is 0 Å². The number of fused-ring (bicyclic) bond motifs is 1. The molecule has 4 heteroatoms. The number of allylic oxidation sites excluding steroid dienone is 2. The molecule has 2 aliphatic rings. The molecule has 0 fully saturated rings. The van der Waals surface area contributed by atoms with Gasteiger partial charge in [0.15, 0.2) is 11.6 Å². The predicted molar refractivity (Wildman–Crippen MR) is 91.5 cm³/mol. The Morgan fingerprint density at radius 1 is 0.826 bits per heavy atom. The van der Waals surface area contributed by atoms with Gasteiger partial charge in [0, 0.05) is 39.6 Å². The summed E-state index contributed by atoms with van der Waals surface area (Å²) in [4.78, 5) is 27.1. The van der Waals surface area contributed by atoms with Crippen molar-refractivity contribution in [3.05, 3.63) is 81.1 Å². The van der Waals surface area contributed by atoms with Gasteiger partial charge in [0.25, 0.3) is 0 Å². The van der Waals surface area contributed by atoms with Crippen LogP contribution in [0.15, 0.2) is 61.0 Å². The van der Waals surface area contributed by atoms with Crippen molar-refractivity contribution in [2.24, 2.45) is 0 Å². The fourth-order valence-corrected chi connectivity index (χ4v) is 3.82. The maximum atomic E-state index is 12.5. The Morgan fingerprint density at radius 2 is 1.39 bits per heavy atom. The molecule has 0 radical (unpaired) electrons. The first kappa shape index (κ1) is 13.9. The van der Waals surface area contributed by atoms with Gasteiger partial charge >= 0.3 is 0 Å². The number of hydrogen-bond acceptors (Lipinski definition) is 4. The molecule has 1 aliphatic carbocycles. The molecule has 0 unspecified atom stereocenters. The monoisotopic (exact) mass is 319 g/mol. The number of rotatable bonds is 0. The molecule has 0 saturated carbocycles. The minimum absolute atomic E-state index is 0.168. The molecular weight excluding hydrogens is 306 g/mol. The molecule has 112 valence electrons. The smallest absolute Gasteiger partial charge is 0.199 e. The van der Waals surface area contributed by atoms with Crippen molar-refractivity contribution >= 4 is 34.0 Å². The van der Waals surface area contributed by atoms with E-state index in [9.17, 15) is 9.59 Å². The summed E-state index contributed by atoms with van der Waals surface area (Å²) in [6, 6.07) is 10.8. The maximum Gasteiger partial charge on any atom is 0.199 e. The van der Waals surface area contributed by atoms with Crippen molar-refractivity contribution in [2.75, 3.05) is 7.05 Å². The summed E-state index contributed by atoms with van der Waals surface area (Å²) in [5.41, 5.74) is 2.39. The van der Waals surface area contributed by atoms with Crippen LogP contribution in [0.2, 0.25) is 0 Å². The van der Waals surface area contributed by atoms with Gasteiger partial charge in [-0.05, 0) is 29.9 Å². The van der Waals surface area contributed by atoms with E-state index in [1.54, 1.807) is 24.3 Å². The highest BCUT2D eigenvalue weighted by Crippen LogP contribution is 2.26. The lowest BCUT2D eigenvalue weighted by Crippen LogP contribution is -2.11. The summed E-state index contributed by atoms with van der Waals surface area (Å²) in [7, 11) is 1.96. The van der Waals surface area contributed by atoms with Crippen molar-refractivity contribution in [3.8, 4) is 0 Å². The van der Waals surface area contributed by atoms with Crippen LogP contribution in [0.25, 0.3) is 11.1 Å². The van der Waals surface area contributed by atoms with E-state index in [1.807, 2.05) is 48.6 Å². The number of carbonyl (C=O) groups is 2. The average molecular weight is 319 g/mol. The topological polar surface area (TPSA) is 37.4 Å². The van der Waals surface area contributed by atoms with Crippen LogP contribution in [0.5, 0.6) is 0 Å². The number of hydrogen-bond donors (Lipinski definition) is 0. The first-order valence-corrected chi connectivity index (χ1v) is 8.08. The van der Waals surface area contributed by atoms with Gasteiger partial charge in [0.05, 0.1) is 5.57 Å². The molecule has 3 nitrogen and oxygen atoms in total. The van der Waals surface area contributed by atoms with Gasteiger partial charge in [-0.3, -0.25) is 9.59 Å². The van der Waals surface area contributed by atoms with E-state index in [4.69, 9.17) is 0 Å². The Morgan fingerprint density at radius 3 is 2.00 bits per heavy atom. The van der Waals surface area contributed by atoms with E-state index in [-0.39, 0.29) is 11.6 Å². The highest BCUT2D eigenvalue weighted by Gasteiger charge is 2.33. The summed E-state index contributed by atoms with van der Waals surface area (Å²) in [5.74, 6) is -0.336. The zero-order valence-electron chi connectivity index (χ0n) is 12.4.